The van der Waals surface area contributed by atoms with Crippen molar-refractivity contribution in [3.8, 4) is 5.75 Å². The number of methoxy groups -OCH3 is 1. The molecule has 0 saturated heterocycles. The van der Waals surface area contributed by atoms with Crippen molar-refractivity contribution in [2.75, 3.05) is 13.7 Å². The van der Waals surface area contributed by atoms with E-state index in [-0.39, 0.29) is 18.0 Å². The highest BCUT2D eigenvalue weighted by molar-refractivity contribution is 5.85. The van der Waals surface area contributed by atoms with Crippen molar-refractivity contribution in [1.29, 1.82) is 0 Å². The molecule has 1 aromatic rings. The number of halogens is 3. The average molecular weight is 224 g/mol. The number of hydrogen-bond acceptors (Lipinski definition) is 2. The minimum absolute atomic E-state index is 0. The van der Waals surface area contributed by atoms with Crippen LogP contribution in [0.3, 0.4) is 0 Å². The zero-order valence-corrected chi connectivity index (χ0v) is 8.48. The highest BCUT2D eigenvalue weighted by Crippen LogP contribution is 2.28. The average Bonchev–Trinajstić information content (AvgIpc) is 2.18. The van der Waals surface area contributed by atoms with Crippen LogP contribution < -0.4 is 10.5 Å². The summed E-state index contributed by atoms with van der Waals surface area (Å²) in [4.78, 5) is 0. The Kier molecular flexibility index (Phi) is 4.80. The molecule has 0 bridgehead atoms. The Morgan fingerprint density at radius 3 is 2.57 bits per heavy atom. The van der Waals surface area contributed by atoms with Gasteiger partial charge in [0.05, 0.1) is 13.7 Å². The van der Waals surface area contributed by atoms with Crippen molar-refractivity contribution in [2.24, 2.45) is 5.73 Å². The van der Waals surface area contributed by atoms with Gasteiger partial charge in [-0.25, -0.2) is 0 Å². The predicted octanol–water partition coefficient (Wildman–Crippen LogP) is 2.17. The molecule has 1 rings (SSSR count). The lowest BCUT2D eigenvalue weighted by Gasteiger charge is -2.14. The second kappa shape index (κ2) is 5.12. The van der Waals surface area contributed by atoms with E-state index in [0.717, 1.165) is 0 Å². The first-order valence-electron chi connectivity index (χ1n) is 3.82. The van der Waals surface area contributed by atoms with Gasteiger partial charge in [-0.2, -0.15) is 8.78 Å². The van der Waals surface area contributed by atoms with E-state index in [2.05, 4.69) is 0 Å². The molecule has 0 aliphatic carbocycles. The highest BCUT2D eigenvalue weighted by Gasteiger charge is 2.29. The van der Waals surface area contributed by atoms with Crippen LogP contribution in [0.25, 0.3) is 0 Å². The summed E-state index contributed by atoms with van der Waals surface area (Å²) >= 11 is 0. The molecule has 0 atom stereocenters. The lowest BCUT2D eigenvalue weighted by Crippen LogP contribution is -2.24. The van der Waals surface area contributed by atoms with E-state index in [1.807, 2.05) is 0 Å². The van der Waals surface area contributed by atoms with E-state index < -0.39 is 12.5 Å². The van der Waals surface area contributed by atoms with Gasteiger partial charge in [0.25, 0.3) is 5.92 Å². The fourth-order valence-corrected chi connectivity index (χ4v) is 0.968. The SMILES string of the molecule is COc1cccc(C(F)(F)CN)c1.Cl. The van der Waals surface area contributed by atoms with Crippen molar-refractivity contribution in [2.45, 2.75) is 5.92 Å². The smallest absolute Gasteiger partial charge is 0.285 e. The van der Waals surface area contributed by atoms with Crippen LogP contribution in [0, 0.1) is 0 Å². The lowest BCUT2D eigenvalue weighted by molar-refractivity contribution is 0.00576. The van der Waals surface area contributed by atoms with Gasteiger partial charge in [0.2, 0.25) is 0 Å². The first-order valence-corrected chi connectivity index (χ1v) is 3.82. The van der Waals surface area contributed by atoms with Gasteiger partial charge in [-0.3, -0.25) is 0 Å². The maximum Gasteiger partial charge on any atom is 0.285 e. The molecule has 5 heteroatoms. The summed E-state index contributed by atoms with van der Waals surface area (Å²) in [6.07, 6.45) is 0. The summed E-state index contributed by atoms with van der Waals surface area (Å²) in [5.41, 5.74) is 4.82. The molecule has 14 heavy (non-hydrogen) atoms. The number of benzene rings is 1. The standard InChI is InChI=1S/C9H11F2NO.ClH/c1-13-8-4-2-3-7(5-8)9(10,11)6-12;/h2-5H,6,12H2,1H3;1H. The summed E-state index contributed by atoms with van der Waals surface area (Å²) < 4.78 is 30.9. The Hall–Kier alpha value is -0.870. The Morgan fingerprint density at radius 1 is 1.43 bits per heavy atom. The fraction of sp³-hybridized carbons (Fsp3) is 0.333. The van der Waals surface area contributed by atoms with Crippen molar-refractivity contribution in [1.82, 2.24) is 0 Å². The molecule has 0 aliphatic rings. The van der Waals surface area contributed by atoms with Crippen LogP contribution >= 0.6 is 12.4 Å². The van der Waals surface area contributed by atoms with Gasteiger partial charge in [0, 0.05) is 5.56 Å². The molecule has 80 valence electrons. The van der Waals surface area contributed by atoms with E-state index in [1.54, 1.807) is 6.07 Å². The van der Waals surface area contributed by atoms with Crippen LogP contribution in [0.15, 0.2) is 24.3 Å². The predicted molar refractivity (Wildman–Crippen MR) is 53.2 cm³/mol. The molecule has 0 unspecified atom stereocenters. The number of ether oxygens (including phenoxy) is 1. The van der Waals surface area contributed by atoms with Crippen LogP contribution in [-0.4, -0.2) is 13.7 Å². The van der Waals surface area contributed by atoms with Gasteiger partial charge in [-0.05, 0) is 12.1 Å². The van der Waals surface area contributed by atoms with Gasteiger partial charge < -0.3 is 10.5 Å². The molecule has 2 N–H and O–H groups in total. The van der Waals surface area contributed by atoms with E-state index in [9.17, 15) is 8.78 Å². The van der Waals surface area contributed by atoms with Crippen molar-refractivity contribution < 1.29 is 13.5 Å². The van der Waals surface area contributed by atoms with Crippen LogP contribution in [-0.2, 0) is 5.92 Å². The van der Waals surface area contributed by atoms with Crippen LogP contribution in [0.1, 0.15) is 5.56 Å². The van der Waals surface area contributed by atoms with E-state index >= 15 is 0 Å². The summed E-state index contributed by atoms with van der Waals surface area (Å²) in [7, 11) is 1.43. The summed E-state index contributed by atoms with van der Waals surface area (Å²) in [5.74, 6) is -2.57. The van der Waals surface area contributed by atoms with E-state index in [4.69, 9.17) is 10.5 Å². The second-order valence-electron chi connectivity index (χ2n) is 2.64. The van der Waals surface area contributed by atoms with Gasteiger partial charge in [-0.15, -0.1) is 12.4 Å². The normalized spacial score (nSPS) is 10.6. The molecular formula is C9H12ClF2NO. The third-order valence-corrected chi connectivity index (χ3v) is 1.75. The molecule has 0 radical (unpaired) electrons. The van der Waals surface area contributed by atoms with Gasteiger partial charge in [-0.1, -0.05) is 12.1 Å². The summed E-state index contributed by atoms with van der Waals surface area (Å²) in [6, 6.07) is 5.73. The maximum absolute atomic E-state index is 13.0. The number of nitrogens with two attached hydrogens (primary N) is 1. The van der Waals surface area contributed by atoms with Crippen molar-refractivity contribution in [3.05, 3.63) is 29.8 Å². The minimum Gasteiger partial charge on any atom is -0.497 e. The molecule has 0 aliphatic heterocycles. The Labute approximate surface area is 87.5 Å². The topological polar surface area (TPSA) is 35.2 Å². The molecule has 0 saturated carbocycles. The largest absolute Gasteiger partial charge is 0.497 e. The molecule has 0 fully saturated rings. The molecule has 0 spiro atoms. The van der Waals surface area contributed by atoms with Crippen molar-refractivity contribution in [3.63, 3.8) is 0 Å². The van der Waals surface area contributed by atoms with E-state index in [1.165, 1.54) is 25.3 Å². The van der Waals surface area contributed by atoms with Crippen LogP contribution in [0.2, 0.25) is 0 Å². The first kappa shape index (κ1) is 13.1. The Morgan fingerprint density at radius 2 is 2.07 bits per heavy atom. The Balaban J connectivity index is 0.00000169. The van der Waals surface area contributed by atoms with E-state index in [0.29, 0.717) is 5.75 Å². The number of alkyl halides is 2. The fourth-order valence-electron chi connectivity index (χ4n) is 0.968. The molecule has 0 aromatic heterocycles. The lowest BCUT2D eigenvalue weighted by atomic mass is 10.1. The van der Waals surface area contributed by atoms with Crippen LogP contribution in [0.4, 0.5) is 8.78 Å². The zero-order chi connectivity index (χ0) is 9.90. The maximum atomic E-state index is 13.0. The van der Waals surface area contributed by atoms with Crippen LogP contribution in [0.5, 0.6) is 5.75 Å². The highest BCUT2D eigenvalue weighted by atomic mass is 35.5. The molecule has 0 heterocycles. The van der Waals surface area contributed by atoms with Gasteiger partial charge >= 0.3 is 0 Å². The molecule has 0 amide bonds. The minimum atomic E-state index is -2.98. The third-order valence-electron chi connectivity index (χ3n) is 1.75. The quantitative estimate of drug-likeness (QED) is 0.853. The Bertz CT molecular complexity index is 294. The molecule has 2 nitrogen and oxygen atoms in total. The third kappa shape index (κ3) is 2.82. The monoisotopic (exact) mass is 223 g/mol. The molecular weight excluding hydrogens is 212 g/mol. The summed E-state index contributed by atoms with van der Waals surface area (Å²) in [6.45, 7) is -0.694. The summed E-state index contributed by atoms with van der Waals surface area (Å²) in [5, 5.41) is 0. The second-order valence-corrected chi connectivity index (χ2v) is 2.64. The number of hydrogen-bond donors (Lipinski definition) is 1. The first-order chi connectivity index (χ1) is 6.10. The molecule has 1 aromatic carbocycles. The zero-order valence-electron chi connectivity index (χ0n) is 7.67. The number of rotatable bonds is 3. The van der Waals surface area contributed by atoms with Crippen molar-refractivity contribution >= 4 is 12.4 Å². The van der Waals surface area contributed by atoms with Gasteiger partial charge in [0.1, 0.15) is 5.75 Å². The van der Waals surface area contributed by atoms with Gasteiger partial charge in [0.15, 0.2) is 0 Å².